The molecule has 5 nitrogen and oxygen atoms in total. The smallest absolute Gasteiger partial charge is 0.222 e. The van der Waals surface area contributed by atoms with Crippen molar-refractivity contribution in [2.24, 2.45) is 0 Å². The van der Waals surface area contributed by atoms with Crippen molar-refractivity contribution in [3.05, 3.63) is 48.0 Å². The molecular weight excluding hydrogens is 316 g/mol. The fourth-order valence-corrected chi connectivity index (χ4v) is 3.62. The SMILES string of the molecule is CNC(=O)C[C@]1(COC)CN(Cc2cccc3ccccc23)CCO1. The van der Waals surface area contributed by atoms with Gasteiger partial charge in [0.25, 0.3) is 0 Å². The van der Waals surface area contributed by atoms with Crippen LogP contribution >= 0.6 is 0 Å². The Morgan fingerprint density at radius 2 is 2.08 bits per heavy atom. The highest BCUT2D eigenvalue weighted by molar-refractivity contribution is 5.85. The number of nitrogens with one attached hydrogen (secondary N) is 1. The van der Waals surface area contributed by atoms with Gasteiger partial charge in [-0.05, 0) is 16.3 Å². The third-order valence-corrected chi connectivity index (χ3v) is 4.77. The molecule has 0 saturated carbocycles. The first-order chi connectivity index (χ1) is 12.2. The summed E-state index contributed by atoms with van der Waals surface area (Å²) < 4.78 is 11.4. The lowest BCUT2D eigenvalue weighted by molar-refractivity contribution is -0.155. The summed E-state index contributed by atoms with van der Waals surface area (Å²) in [7, 11) is 3.30. The van der Waals surface area contributed by atoms with Gasteiger partial charge >= 0.3 is 0 Å². The Morgan fingerprint density at radius 1 is 1.28 bits per heavy atom. The predicted octanol–water partition coefficient (Wildman–Crippen LogP) is 2.19. The maximum atomic E-state index is 11.9. The van der Waals surface area contributed by atoms with E-state index in [1.165, 1.54) is 16.3 Å². The number of carbonyl (C=O) groups is 1. The second-order valence-electron chi connectivity index (χ2n) is 6.66. The minimum atomic E-state index is -0.586. The van der Waals surface area contributed by atoms with E-state index in [9.17, 15) is 4.79 Å². The number of methoxy groups -OCH3 is 1. The highest BCUT2D eigenvalue weighted by Gasteiger charge is 2.38. The normalized spacial score (nSPS) is 21.4. The van der Waals surface area contributed by atoms with Gasteiger partial charge in [-0.15, -0.1) is 0 Å². The minimum Gasteiger partial charge on any atom is -0.382 e. The molecule has 0 spiro atoms. The molecule has 1 heterocycles. The average Bonchev–Trinajstić information content (AvgIpc) is 2.62. The number of nitrogens with zero attached hydrogens (tertiary/aromatic N) is 1. The molecule has 1 aliphatic heterocycles. The molecule has 2 aromatic carbocycles. The number of benzene rings is 2. The Hall–Kier alpha value is -1.95. The van der Waals surface area contributed by atoms with Crippen LogP contribution in [0.2, 0.25) is 0 Å². The van der Waals surface area contributed by atoms with Crippen molar-refractivity contribution in [2.75, 3.05) is 40.5 Å². The molecule has 3 rings (SSSR count). The van der Waals surface area contributed by atoms with Crippen molar-refractivity contribution in [1.82, 2.24) is 10.2 Å². The van der Waals surface area contributed by atoms with Crippen LogP contribution in [0, 0.1) is 0 Å². The second-order valence-corrected chi connectivity index (χ2v) is 6.66. The minimum absolute atomic E-state index is 0.0240. The van der Waals surface area contributed by atoms with E-state index in [1.54, 1.807) is 14.2 Å². The molecule has 0 aromatic heterocycles. The van der Waals surface area contributed by atoms with Gasteiger partial charge in [0.1, 0.15) is 5.60 Å². The Labute approximate surface area is 148 Å². The van der Waals surface area contributed by atoms with Crippen molar-refractivity contribution in [3.63, 3.8) is 0 Å². The van der Waals surface area contributed by atoms with Crippen molar-refractivity contribution in [3.8, 4) is 0 Å². The lowest BCUT2D eigenvalue weighted by Crippen LogP contribution is -2.55. The highest BCUT2D eigenvalue weighted by Crippen LogP contribution is 2.26. The summed E-state index contributed by atoms with van der Waals surface area (Å²) in [6, 6.07) is 14.9. The summed E-state index contributed by atoms with van der Waals surface area (Å²) in [5.41, 5.74) is 0.712. The van der Waals surface area contributed by atoms with Gasteiger partial charge in [0.2, 0.25) is 5.91 Å². The standard InChI is InChI=1S/C20H26N2O3/c1-21-19(23)12-20(15-24-2)14-22(10-11-25-20)13-17-8-5-7-16-6-3-4-9-18(16)17/h3-9H,10-15H2,1-2H3,(H,21,23)/t20-/m1/s1. The fourth-order valence-electron chi connectivity index (χ4n) is 3.62. The van der Waals surface area contributed by atoms with Gasteiger partial charge in [0, 0.05) is 33.8 Å². The molecule has 0 aliphatic carbocycles. The van der Waals surface area contributed by atoms with Crippen LogP contribution in [0.3, 0.4) is 0 Å². The lowest BCUT2D eigenvalue weighted by atomic mass is 9.96. The first-order valence-corrected chi connectivity index (χ1v) is 8.68. The Kier molecular flexibility index (Phi) is 5.68. The molecule has 1 fully saturated rings. The van der Waals surface area contributed by atoms with Crippen molar-refractivity contribution < 1.29 is 14.3 Å². The Morgan fingerprint density at radius 3 is 2.88 bits per heavy atom. The first kappa shape index (κ1) is 17.9. The molecule has 0 bridgehead atoms. The molecule has 0 radical (unpaired) electrons. The zero-order valence-electron chi connectivity index (χ0n) is 15.0. The van der Waals surface area contributed by atoms with Gasteiger partial charge in [-0.25, -0.2) is 0 Å². The van der Waals surface area contributed by atoms with Crippen LogP contribution in [0.5, 0.6) is 0 Å². The summed E-state index contributed by atoms with van der Waals surface area (Å²) in [6.07, 6.45) is 0.309. The highest BCUT2D eigenvalue weighted by atomic mass is 16.5. The zero-order chi connectivity index (χ0) is 17.7. The second kappa shape index (κ2) is 7.95. The number of ether oxygens (including phenoxy) is 2. The Balaban J connectivity index is 1.79. The van der Waals surface area contributed by atoms with Crippen LogP contribution in [-0.4, -0.2) is 56.9 Å². The van der Waals surface area contributed by atoms with Crippen LogP contribution in [0.1, 0.15) is 12.0 Å². The van der Waals surface area contributed by atoms with Crippen LogP contribution in [0.25, 0.3) is 10.8 Å². The van der Waals surface area contributed by atoms with E-state index >= 15 is 0 Å². The van der Waals surface area contributed by atoms with Crippen molar-refractivity contribution >= 4 is 16.7 Å². The van der Waals surface area contributed by atoms with Crippen LogP contribution in [-0.2, 0) is 20.8 Å². The van der Waals surface area contributed by atoms with Gasteiger partial charge < -0.3 is 14.8 Å². The molecule has 5 heteroatoms. The van der Waals surface area contributed by atoms with Crippen molar-refractivity contribution in [1.29, 1.82) is 0 Å². The Bertz CT molecular complexity index is 724. The maximum Gasteiger partial charge on any atom is 0.222 e. The number of hydrogen-bond acceptors (Lipinski definition) is 4. The number of fused-ring (bicyclic) bond motifs is 1. The van der Waals surface area contributed by atoms with E-state index in [1.807, 2.05) is 0 Å². The number of carbonyl (C=O) groups excluding carboxylic acids is 1. The van der Waals surface area contributed by atoms with Crippen LogP contribution < -0.4 is 5.32 Å². The fraction of sp³-hybridized carbons (Fsp3) is 0.450. The quantitative estimate of drug-likeness (QED) is 0.874. The number of rotatable bonds is 6. The van der Waals surface area contributed by atoms with E-state index < -0.39 is 5.60 Å². The molecule has 1 N–H and O–H groups in total. The third-order valence-electron chi connectivity index (χ3n) is 4.77. The topological polar surface area (TPSA) is 50.8 Å². The molecule has 2 aromatic rings. The van der Waals surface area contributed by atoms with Gasteiger partial charge in [0.15, 0.2) is 0 Å². The monoisotopic (exact) mass is 342 g/mol. The first-order valence-electron chi connectivity index (χ1n) is 8.68. The van der Waals surface area contributed by atoms with E-state index in [0.29, 0.717) is 26.2 Å². The predicted molar refractivity (Wildman–Crippen MR) is 98.5 cm³/mol. The van der Waals surface area contributed by atoms with Crippen molar-refractivity contribution in [2.45, 2.75) is 18.6 Å². The van der Waals surface area contributed by atoms with Gasteiger partial charge in [-0.1, -0.05) is 42.5 Å². The van der Waals surface area contributed by atoms with Crippen LogP contribution in [0.4, 0.5) is 0 Å². The third kappa shape index (κ3) is 4.18. The van der Waals surface area contributed by atoms with E-state index in [0.717, 1.165) is 13.1 Å². The van der Waals surface area contributed by atoms with Gasteiger partial charge in [0.05, 0.1) is 19.6 Å². The lowest BCUT2D eigenvalue weighted by Gasteiger charge is -2.42. The summed E-state index contributed by atoms with van der Waals surface area (Å²) >= 11 is 0. The van der Waals surface area contributed by atoms with E-state index in [-0.39, 0.29) is 5.91 Å². The molecular formula is C20H26N2O3. The molecule has 1 amide bonds. The average molecular weight is 342 g/mol. The zero-order valence-corrected chi connectivity index (χ0v) is 15.0. The summed E-state index contributed by atoms with van der Waals surface area (Å²) in [4.78, 5) is 14.3. The summed E-state index contributed by atoms with van der Waals surface area (Å²) in [6.45, 7) is 3.38. The number of hydrogen-bond donors (Lipinski definition) is 1. The van der Waals surface area contributed by atoms with Crippen LogP contribution in [0.15, 0.2) is 42.5 Å². The molecule has 134 valence electrons. The molecule has 1 aliphatic rings. The molecule has 1 saturated heterocycles. The summed E-state index contributed by atoms with van der Waals surface area (Å²) in [5, 5.41) is 5.22. The maximum absolute atomic E-state index is 11.9. The number of amides is 1. The van der Waals surface area contributed by atoms with E-state index in [4.69, 9.17) is 9.47 Å². The van der Waals surface area contributed by atoms with E-state index in [2.05, 4.69) is 52.7 Å². The largest absolute Gasteiger partial charge is 0.382 e. The summed E-state index contributed by atoms with van der Waals surface area (Å²) in [5.74, 6) is -0.0240. The molecule has 25 heavy (non-hydrogen) atoms. The van der Waals surface area contributed by atoms with Gasteiger partial charge in [-0.2, -0.15) is 0 Å². The number of morpholine rings is 1. The van der Waals surface area contributed by atoms with Gasteiger partial charge in [-0.3, -0.25) is 9.69 Å². The molecule has 1 atom stereocenters. The molecule has 0 unspecified atom stereocenters.